The second kappa shape index (κ2) is 6.78. The highest BCUT2D eigenvalue weighted by Crippen LogP contribution is 2.16. The molecule has 23 heavy (non-hydrogen) atoms. The summed E-state index contributed by atoms with van der Waals surface area (Å²) in [4.78, 5) is 16.4. The molecule has 1 aromatic carbocycles. The van der Waals surface area contributed by atoms with Crippen LogP contribution in [0.15, 0.2) is 47.5 Å². The number of nitrogens with zero attached hydrogens (tertiary/aromatic N) is 1. The van der Waals surface area contributed by atoms with E-state index in [-0.39, 0.29) is 23.3 Å². The van der Waals surface area contributed by atoms with Crippen molar-refractivity contribution in [1.82, 2.24) is 10.3 Å². The van der Waals surface area contributed by atoms with Gasteiger partial charge in [0.25, 0.3) is 0 Å². The number of benzene rings is 1. The third-order valence-electron chi connectivity index (χ3n) is 3.38. The maximum Gasteiger partial charge on any atom is 0.226 e. The minimum Gasteiger partial charge on any atom is -0.397 e. The number of nitrogen functional groups attached to an aromatic ring is 1. The molecule has 3 N–H and O–H groups in total. The van der Waals surface area contributed by atoms with Crippen LogP contribution in [0.3, 0.4) is 0 Å². The van der Waals surface area contributed by atoms with Crippen LogP contribution in [0.4, 0.5) is 5.69 Å². The van der Waals surface area contributed by atoms with E-state index in [2.05, 4.69) is 10.3 Å². The summed E-state index contributed by atoms with van der Waals surface area (Å²) in [7, 11) is -3.22. The van der Waals surface area contributed by atoms with Crippen molar-refractivity contribution in [1.29, 1.82) is 0 Å². The van der Waals surface area contributed by atoms with Gasteiger partial charge in [0.05, 0.1) is 29.2 Å². The Balaban J connectivity index is 1.99. The van der Waals surface area contributed by atoms with Gasteiger partial charge >= 0.3 is 0 Å². The maximum atomic E-state index is 12.0. The molecule has 0 bridgehead atoms. The van der Waals surface area contributed by atoms with Gasteiger partial charge in [-0.15, -0.1) is 0 Å². The van der Waals surface area contributed by atoms with Crippen molar-refractivity contribution in [2.75, 3.05) is 12.0 Å². The first-order chi connectivity index (χ1) is 10.8. The number of aromatic nitrogens is 1. The molecule has 0 aliphatic carbocycles. The fraction of sp³-hybridized carbons (Fsp3) is 0.250. The van der Waals surface area contributed by atoms with Crippen molar-refractivity contribution < 1.29 is 13.2 Å². The number of sulfone groups is 1. The fourth-order valence-electron chi connectivity index (χ4n) is 2.08. The van der Waals surface area contributed by atoms with E-state index in [1.165, 1.54) is 18.3 Å². The lowest BCUT2D eigenvalue weighted by Crippen LogP contribution is -2.28. The Kier molecular flexibility index (Phi) is 5.00. The number of carbonyl (C=O) groups is 1. The van der Waals surface area contributed by atoms with Gasteiger partial charge in [-0.1, -0.05) is 12.1 Å². The number of hydrogen-bond donors (Lipinski definition) is 2. The second-order valence-corrected chi connectivity index (χ2v) is 7.41. The standard InChI is InChI=1S/C16H19N3O3S/c1-11(12-3-7-15(8-4-12)23(2,21)22)19-16(20)9-14-6-5-13(17)10-18-14/h3-8,10-11H,9,17H2,1-2H3,(H,19,20). The fourth-order valence-corrected chi connectivity index (χ4v) is 2.72. The Morgan fingerprint density at radius 1 is 1.22 bits per heavy atom. The minimum atomic E-state index is -3.22. The van der Waals surface area contributed by atoms with Crippen LogP contribution in [0.2, 0.25) is 0 Å². The molecule has 0 spiro atoms. The van der Waals surface area contributed by atoms with Crippen LogP contribution < -0.4 is 11.1 Å². The molecule has 0 aliphatic rings. The van der Waals surface area contributed by atoms with E-state index < -0.39 is 9.84 Å². The second-order valence-electron chi connectivity index (χ2n) is 5.39. The number of nitrogens with two attached hydrogens (primary N) is 1. The normalized spacial score (nSPS) is 12.6. The highest BCUT2D eigenvalue weighted by molar-refractivity contribution is 7.90. The van der Waals surface area contributed by atoms with Gasteiger partial charge < -0.3 is 11.1 Å². The summed E-state index contributed by atoms with van der Waals surface area (Å²) in [5, 5.41) is 2.86. The van der Waals surface area contributed by atoms with Gasteiger partial charge in [0.1, 0.15) is 0 Å². The summed E-state index contributed by atoms with van der Waals surface area (Å²) in [5.41, 5.74) is 7.57. The Labute approximate surface area is 135 Å². The molecule has 0 fully saturated rings. The largest absolute Gasteiger partial charge is 0.397 e. The molecule has 0 saturated carbocycles. The molecule has 0 radical (unpaired) electrons. The number of pyridine rings is 1. The average Bonchev–Trinajstić information content (AvgIpc) is 2.49. The zero-order valence-electron chi connectivity index (χ0n) is 13.0. The van der Waals surface area contributed by atoms with Gasteiger partial charge in [-0.2, -0.15) is 0 Å². The van der Waals surface area contributed by atoms with Gasteiger partial charge in [0, 0.05) is 11.9 Å². The molecular weight excluding hydrogens is 314 g/mol. The molecule has 1 aromatic heterocycles. The molecular formula is C16H19N3O3S. The van der Waals surface area contributed by atoms with Crippen LogP contribution in [-0.4, -0.2) is 25.6 Å². The molecule has 2 rings (SSSR count). The van der Waals surface area contributed by atoms with E-state index in [4.69, 9.17) is 5.73 Å². The number of amides is 1. The van der Waals surface area contributed by atoms with Crippen molar-refractivity contribution in [3.63, 3.8) is 0 Å². The summed E-state index contributed by atoms with van der Waals surface area (Å²) in [6.45, 7) is 1.84. The number of rotatable bonds is 5. The lowest BCUT2D eigenvalue weighted by Gasteiger charge is -2.14. The SMILES string of the molecule is CC(NC(=O)Cc1ccc(N)cn1)c1ccc(S(C)(=O)=O)cc1. The molecule has 1 amide bonds. The van der Waals surface area contributed by atoms with Crippen LogP contribution in [0.1, 0.15) is 24.2 Å². The maximum absolute atomic E-state index is 12.0. The number of nitrogens with one attached hydrogen (secondary N) is 1. The summed E-state index contributed by atoms with van der Waals surface area (Å²) in [6, 6.07) is 9.64. The van der Waals surface area contributed by atoms with Gasteiger partial charge in [0.15, 0.2) is 9.84 Å². The smallest absolute Gasteiger partial charge is 0.226 e. The zero-order valence-corrected chi connectivity index (χ0v) is 13.8. The van der Waals surface area contributed by atoms with Crippen molar-refractivity contribution in [2.45, 2.75) is 24.3 Å². The summed E-state index contributed by atoms with van der Waals surface area (Å²) < 4.78 is 22.9. The van der Waals surface area contributed by atoms with Gasteiger partial charge in [-0.25, -0.2) is 8.42 Å². The Morgan fingerprint density at radius 3 is 2.39 bits per heavy atom. The molecule has 0 saturated heterocycles. The first kappa shape index (κ1) is 17.0. The van der Waals surface area contributed by atoms with E-state index >= 15 is 0 Å². The predicted octanol–water partition coefficient (Wildman–Crippen LogP) is 1.49. The topological polar surface area (TPSA) is 102 Å². The Morgan fingerprint density at radius 2 is 1.87 bits per heavy atom. The first-order valence-electron chi connectivity index (χ1n) is 7.05. The van der Waals surface area contributed by atoms with E-state index in [1.54, 1.807) is 24.3 Å². The van der Waals surface area contributed by atoms with Crippen molar-refractivity contribution >= 4 is 21.4 Å². The molecule has 0 aliphatic heterocycles. The monoisotopic (exact) mass is 333 g/mol. The van der Waals surface area contributed by atoms with E-state index in [0.717, 1.165) is 11.8 Å². The van der Waals surface area contributed by atoms with E-state index in [0.29, 0.717) is 11.4 Å². The number of hydrogen-bond acceptors (Lipinski definition) is 5. The third-order valence-corrected chi connectivity index (χ3v) is 4.50. The molecule has 6 nitrogen and oxygen atoms in total. The lowest BCUT2D eigenvalue weighted by atomic mass is 10.1. The van der Waals surface area contributed by atoms with Gasteiger partial charge in [-0.3, -0.25) is 9.78 Å². The molecule has 1 atom stereocenters. The van der Waals surface area contributed by atoms with Crippen molar-refractivity contribution in [3.8, 4) is 0 Å². The highest BCUT2D eigenvalue weighted by atomic mass is 32.2. The van der Waals surface area contributed by atoms with Crippen molar-refractivity contribution in [3.05, 3.63) is 53.9 Å². The molecule has 7 heteroatoms. The number of carbonyl (C=O) groups excluding carboxylic acids is 1. The van der Waals surface area contributed by atoms with E-state index in [9.17, 15) is 13.2 Å². The molecule has 122 valence electrons. The quantitative estimate of drug-likeness (QED) is 0.863. The van der Waals surface area contributed by atoms with Crippen molar-refractivity contribution in [2.24, 2.45) is 0 Å². The first-order valence-corrected chi connectivity index (χ1v) is 8.94. The summed E-state index contributed by atoms with van der Waals surface area (Å²) in [5.74, 6) is -0.165. The number of anilines is 1. The predicted molar refractivity (Wildman–Crippen MR) is 88.5 cm³/mol. The minimum absolute atomic E-state index is 0.159. The van der Waals surface area contributed by atoms with Crippen LogP contribution >= 0.6 is 0 Å². The lowest BCUT2D eigenvalue weighted by molar-refractivity contribution is -0.121. The van der Waals surface area contributed by atoms with Gasteiger partial charge in [0.2, 0.25) is 5.91 Å². The van der Waals surface area contributed by atoms with Crippen LogP contribution in [-0.2, 0) is 21.1 Å². The zero-order chi connectivity index (χ0) is 17.0. The van der Waals surface area contributed by atoms with Crippen LogP contribution in [0, 0.1) is 0 Å². The Bertz CT molecular complexity index is 784. The Hall–Kier alpha value is -2.41. The van der Waals surface area contributed by atoms with Crippen LogP contribution in [0.5, 0.6) is 0 Å². The van der Waals surface area contributed by atoms with Gasteiger partial charge in [-0.05, 0) is 36.8 Å². The average molecular weight is 333 g/mol. The van der Waals surface area contributed by atoms with Crippen LogP contribution in [0.25, 0.3) is 0 Å². The third kappa shape index (κ3) is 4.79. The highest BCUT2D eigenvalue weighted by Gasteiger charge is 2.12. The summed E-state index contributed by atoms with van der Waals surface area (Å²) >= 11 is 0. The molecule has 1 unspecified atom stereocenters. The molecule has 2 aromatic rings. The molecule has 1 heterocycles. The summed E-state index contributed by atoms with van der Waals surface area (Å²) in [6.07, 6.45) is 2.83. The van der Waals surface area contributed by atoms with E-state index in [1.807, 2.05) is 6.92 Å².